The molecule has 1 N–H and O–H groups in total. The molecule has 2 aliphatic carbocycles. The molecule has 0 aromatic heterocycles. The maximum Gasteiger partial charge on any atom is 0.257 e. The van der Waals surface area contributed by atoms with Gasteiger partial charge in [-0.1, -0.05) is 30.3 Å². The summed E-state index contributed by atoms with van der Waals surface area (Å²) < 4.78 is 0. The van der Waals surface area contributed by atoms with E-state index in [0.29, 0.717) is 18.8 Å². The van der Waals surface area contributed by atoms with E-state index in [-0.39, 0.29) is 17.9 Å². The largest absolute Gasteiger partial charge is 0.351 e. The third-order valence-corrected chi connectivity index (χ3v) is 8.30. The molecule has 0 spiro atoms. The number of benzene rings is 1. The molecule has 1 aromatic carbocycles. The zero-order chi connectivity index (χ0) is 17.2. The van der Waals surface area contributed by atoms with Crippen molar-refractivity contribution in [2.24, 2.45) is 17.8 Å². The lowest BCUT2D eigenvalue weighted by molar-refractivity contribution is -0.125. The molecule has 132 valence electrons. The molecule has 1 saturated heterocycles. The number of amides is 2. The topological polar surface area (TPSA) is 49.4 Å². The van der Waals surface area contributed by atoms with Gasteiger partial charge in [0, 0.05) is 17.4 Å². The molecule has 0 unspecified atom stereocenters. The molecule has 2 aliphatic heterocycles. The third-order valence-electron chi connectivity index (χ3n) is 6.82. The number of nitrogens with one attached hydrogen (secondary N) is 1. The molecular formula is C20H24N2O2S. The van der Waals surface area contributed by atoms with Gasteiger partial charge in [0.05, 0.1) is 5.69 Å². The van der Waals surface area contributed by atoms with Crippen LogP contribution in [0, 0.1) is 17.8 Å². The molecular weight excluding hydrogens is 332 g/mol. The number of carbonyl (C=O) groups excluding carboxylic acids is 2. The van der Waals surface area contributed by atoms with Crippen molar-refractivity contribution in [3.8, 4) is 0 Å². The van der Waals surface area contributed by atoms with Crippen molar-refractivity contribution in [2.45, 2.75) is 61.3 Å². The highest BCUT2D eigenvalue weighted by molar-refractivity contribution is 8.02. The molecule has 0 radical (unpaired) electrons. The Labute approximate surface area is 152 Å². The quantitative estimate of drug-likeness (QED) is 0.901. The van der Waals surface area contributed by atoms with Crippen LogP contribution in [0.25, 0.3) is 0 Å². The second-order valence-electron chi connectivity index (χ2n) is 8.18. The number of fused-ring (bicyclic) bond motifs is 5. The number of nitrogens with zero attached hydrogens (tertiary/aromatic N) is 1. The summed E-state index contributed by atoms with van der Waals surface area (Å²) in [6.45, 7) is 2.16. The Balaban J connectivity index is 1.39. The first kappa shape index (κ1) is 15.7. The van der Waals surface area contributed by atoms with Gasteiger partial charge >= 0.3 is 0 Å². The molecule has 4 aliphatic rings. The van der Waals surface area contributed by atoms with Crippen LogP contribution in [0.15, 0.2) is 29.2 Å². The number of para-hydroxylation sites is 1. The van der Waals surface area contributed by atoms with Crippen LogP contribution in [0.3, 0.4) is 0 Å². The summed E-state index contributed by atoms with van der Waals surface area (Å²) in [6.07, 6.45) is 6.36. The summed E-state index contributed by atoms with van der Waals surface area (Å²) in [7, 11) is 0. The van der Waals surface area contributed by atoms with Gasteiger partial charge < -0.3 is 5.32 Å². The molecule has 2 heterocycles. The van der Waals surface area contributed by atoms with Crippen LogP contribution in [0.1, 0.15) is 45.4 Å². The smallest absolute Gasteiger partial charge is 0.257 e. The Bertz CT molecular complexity index is 751. The molecule has 5 heteroatoms. The van der Waals surface area contributed by atoms with Crippen molar-refractivity contribution in [2.75, 3.05) is 4.90 Å². The highest BCUT2D eigenvalue weighted by Crippen LogP contribution is 2.56. The average Bonchev–Trinajstić information content (AvgIpc) is 3.35. The molecule has 4 nitrogen and oxygen atoms in total. The molecule has 3 fully saturated rings. The monoisotopic (exact) mass is 356 g/mol. The minimum Gasteiger partial charge on any atom is -0.351 e. The van der Waals surface area contributed by atoms with Crippen LogP contribution in [0.2, 0.25) is 0 Å². The number of anilines is 1. The van der Waals surface area contributed by atoms with E-state index in [1.165, 1.54) is 25.7 Å². The fraction of sp³-hybridized carbons (Fsp3) is 0.600. The van der Waals surface area contributed by atoms with Crippen LogP contribution < -0.4 is 10.2 Å². The number of thioether (sulfide) groups is 1. The van der Waals surface area contributed by atoms with Crippen molar-refractivity contribution in [1.29, 1.82) is 0 Å². The zero-order valence-electron chi connectivity index (χ0n) is 14.5. The van der Waals surface area contributed by atoms with E-state index in [1.54, 1.807) is 16.7 Å². The van der Waals surface area contributed by atoms with Gasteiger partial charge in [-0.25, -0.2) is 0 Å². The van der Waals surface area contributed by atoms with Gasteiger partial charge in [-0.2, -0.15) is 0 Å². The molecule has 25 heavy (non-hydrogen) atoms. The van der Waals surface area contributed by atoms with Crippen molar-refractivity contribution >= 4 is 29.3 Å². The van der Waals surface area contributed by atoms with E-state index in [1.807, 2.05) is 24.3 Å². The Morgan fingerprint density at radius 2 is 2.16 bits per heavy atom. The fourth-order valence-corrected chi connectivity index (χ4v) is 7.05. The summed E-state index contributed by atoms with van der Waals surface area (Å²) in [5.74, 6) is 2.36. The first-order chi connectivity index (χ1) is 12.1. The molecule has 2 saturated carbocycles. The lowest BCUT2D eigenvalue weighted by Gasteiger charge is -2.34. The summed E-state index contributed by atoms with van der Waals surface area (Å²) in [6, 6.07) is 8.08. The van der Waals surface area contributed by atoms with Crippen LogP contribution >= 0.6 is 11.8 Å². The van der Waals surface area contributed by atoms with Gasteiger partial charge in [0.1, 0.15) is 0 Å². The van der Waals surface area contributed by atoms with Gasteiger partial charge in [0.25, 0.3) is 5.91 Å². The lowest BCUT2D eigenvalue weighted by atomic mass is 9.84. The van der Waals surface area contributed by atoms with Crippen LogP contribution in [-0.4, -0.2) is 22.7 Å². The van der Waals surface area contributed by atoms with Gasteiger partial charge in [-0.15, -0.1) is 0 Å². The molecule has 5 atom stereocenters. The number of carbonyl (C=O) groups is 2. The van der Waals surface area contributed by atoms with Crippen LogP contribution in [-0.2, 0) is 9.59 Å². The van der Waals surface area contributed by atoms with Crippen molar-refractivity contribution in [3.05, 3.63) is 24.3 Å². The molecule has 2 bridgehead atoms. The second-order valence-corrected chi connectivity index (χ2v) is 9.50. The SMILES string of the molecule is C[C@H](NC(=O)[C@@]12CCC(=O)N1c1ccccc1S2)[C@@H]1C[C@H]2CC[C@H]1C2. The van der Waals surface area contributed by atoms with Crippen molar-refractivity contribution < 1.29 is 9.59 Å². The first-order valence-corrected chi connectivity index (χ1v) is 10.3. The summed E-state index contributed by atoms with van der Waals surface area (Å²) in [5, 5.41) is 3.31. The second kappa shape index (κ2) is 5.50. The van der Waals surface area contributed by atoms with Gasteiger partial charge in [0.15, 0.2) is 4.87 Å². The Morgan fingerprint density at radius 1 is 1.32 bits per heavy atom. The lowest BCUT2D eigenvalue weighted by Crippen LogP contribution is -2.55. The van der Waals surface area contributed by atoms with Crippen molar-refractivity contribution in [3.63, 3.8) is 0 Å². The van der Waals surface area contributed by atoms with Gasteiger partial charge in [-0.05, 0) is 62.5 Å². The number of rotatable bonds is 3. The van der Waals surface area contributed by atoms with Crippen LogP contribution in [0.5, 0.6) is 0 Å². The van der Waals surface area contributed by atoms with E-state index in [9.17, 15) is 9.59 Å². The zero-order valence-corrected chi connectivity index (χ0v) is 15.3. The van der Waals surface area contributed by atoms with E-state index in [4.69, 9.17) is 0 Å². The predicted molar refractivity (Wildman–Crippen MR) is 98.3 cm³/mol. The minimum atomic E-state index is -0.771. The average molecular weight is 356 g/mol. The minimum absolute atomic E-state index is 0.0230. The fourth-order valence-electron chi connectivity index (χ4n) is 5.63. The molecule has 2 amide bonds. The maximum atomic E-state index is 13.3. The van der Waals surface area contributed by atoms with E-state index < -0.39 is 4.87 Å². The standard InChI is InChI=1S/C20H24N2O2S/c1-12(15-11-13-6-7-14(15)10-13)21-19(24)20-9-8-18(23)22(20)16-4-2-3-5-17(16)25-20/h2-5,12-15H,6-11H2,1H3,(H,21,24)/t12-,13-,14-,15-,20-/m0/s1. The highest BCUT2D eigenvalue weighted by atomic mass is 32.2. The Morgan fingerprint density at radius 3 is 2.92 bits per heavy atom. The summed E-state index contributed by atoms with van der Waals surface area (Å²) in [4.78, 5) is 27.8. The maximum absolute atomic E-state index is 13.3. The Hall–Kier alpha value is -1.49. The van der Waals surface area contributed by atoms with E-state index in [2.05, 4.69) is 12.2 Å². The number of hydrogen-bond acceptors (Lipinski definition) is 3. The molecule has 5 rings (SSSR count). The van der Waals surface area contributed by atoms with Gasteiger partial charge in [-0.3, -0.25) is 14.5 Å². The summed E-state index contributed by atoms with van der Waals surface area (Å²) >= 11 is 1.56. The highest BCUT2D eigenvalue weighted by Gasteiger charge is 2.57. The van der Waals surface area contributed by atoms with Crippen molar-refractivity contribution in [1.82, 2.24) is 5.32 Å². The van der Waals surface area contributed by atoms with E-state index in [0.717, 1.165) is 22.4 Å². The normalized spacial score (nSPS) is 36.4. The molecule has 1 aromatic rings. The van der Waals surface area contributed by atoms with E-state index >= 15 is 0 Å². The van der Waals surface area contributed by atoms with Crippen LogP contribution in [0.4, 0.5) is 5.69 Å². The predicted octanol–water partition coefficient (Wildman–Crippen LogP) is 3.56. The number of hydrogen-bond donors (Lipinski definition) is 1. The summed E-state index contributed by atoms with van der Waals surface area (Å²) in [5.41, 5.74) is 0.901. The van der Waals surface area contributed by atoms with Gasteiger partial charge in [0.2, 0.25) is 5.91 Å². The Kier molecular flexibility index (Phi) is 3.46. The first-order valence-electron chi connectivity index (χ1n) is 9.50. The third kappa shape index (κ3) is 2.21.